The number of hydrogen-bond donors (Lipinski definition) is 2. The second-order valence-electron chi connectivity index (χ2n) is 6.43. The molecule has 0 bridgehead atoms. The molecule has 2 heterocycles. The number of halogens is 1. The van der Waals surface area contributed by atoms with Gasteiger partial charge in [-0.05, 0) is 25.1 Å². The van der Waals surface area contributed by atoms with E-state index in [4.69, 9.17) is 18.9 Å². The van der Waals surface area contributed by atoms with Crippen LogP contribution in [-0.4, -0.2) is 38.9 Å². The van der Waals surface area contributed by atoms with Crippen molar-refractivity contribution in [1.82, 2.24) is 10.6 Å². The van der Waals surface area contributed by atoms with Crippen molar-refractivity contribution in [1.29, 1.82) is 0 Å². The Morgan fingerprint density at radius 1 is 1.30 bits per heavy atom. The average Bonchev–Trinajstić information content (AvgIpc) is 3.15. The number of rotatable bonds is 7. The maximum absolute atomic E-state index is 5.75. The fourth-order valence-corrected chi connectivity index (χ4v) is 3.05. The molecule has 2 N–H and O–H groups in total. The molecule has 6 nitrogen and oxygen atoms in total. The fourth-order valence-electron chi connectivity index (χ4n) is 3.05. The lowest BCUT2D eigenvalue weighted by Crippen LogP contribution is -2.46. The zero-order valence-corrected chi connectivity index (χ0v) is 18.1. The van der Waals surface area contributed by atoms with Gasteiger partial charge in [-0.25, -0.2) is 0 Å². The van der Waals surface area contributed by atoms with E-state index in [0.717, 1.165) is 30.3 Å². The van der Waals surface area contributed by atoms with Crippen LogP contribution >= 0.6 is 24.0 Å². The summed E-state index contributed by atoms with van der Waals surface area (Å²) < 4.78 is 16.4. The molecule has 0 saturated carbocycles. The van der Waals surface area contributed by atoms with Gasteiger partial charge < -0.3 is 24.5 Å². The first-order valence-corrected chi connectivity index (χ1v) is 9.07. The van der Waals surface area contributed by atoms with Crippen LogP contribution in [0.4, 0.5) is 0 Å². The molecule has 0 saturated heterocycles. The van der Waals surface area contributed by atoms with Crippen LogP contribution in [0, 0.1) is 0 Å². The Hall–Kier alpha value is -1.74. The zero-order valence-electron chi connectivity index (χ0n) is 15.8. The Labute approximate surface area is 177 Å². The lowest BCUT2D eigenvalue weighted by atomic mass is 10.0. The minimum atomic E-state index is 0. The Morgan fingerprint density at radius 2 is 2.15 bits per heavy atom. The van der Waals surface area contributed by atoms with E-state index in [1.807, 2.05) is 30.3 Å². The molecule has 2 unspecified atom stereocenters. The monoisotopic (exact) mass is 485 g/mol. The number of para-hydroxylation sites is 1. The molecule has 2 aromatic rings. The predicted molar refractivity (Wildman–Crippen MR) is 117 cm³/mol. The van der Waals surface area contributed by atoms with Crippen LogP contribution in [0.3, 0.4) is 0 Å². The van der Waals surface area contributed by atoms with Gasteiger partial charge in [0, 0.05) is 38.1 Å². The third kappa shape index (κ3) is 6.42. The second kappa shape index (κ2) is 11.2. The van der Waals surface area contributed by atoms with Gasteiger partial charge in [0.15, 0.2) is 5.96 Å². The zero-order chi connectivity index (χ0) is 18.2. The van der Waals surface area contributed by atoms with Gasteiger partial charge in [0.2, 0.25) is 0 Å². The summed E-state index contributed by atoms with van der Waals surface area (Å²) in [6, 6.07) is 12.3. The highest BCUT2D eigenvalue weighted by Gasteiger charge is 2.22. The number of furan rings is 1. The molecule has 0 radical (unpaired) electrons. The molecule has 7 heteroatoms. The normalized spacial score (nSPS) is 17.3. The molecular weight excluding hydrogens is 457 g/mol. The highest BCUT2D eigenvalue weighted by Crippen LogP contribution is 2.31. The molecule has 0 fully saturated rings. The van der Waals surface area contributed by atoms with Gasteiger partial charge >= 0.3 is 0 Å². The lowest BCUT2D eigenvalue weighted by Gasteiger charge is -2.29. The van der Waals surface area contributed by atoms with E-state index >= 15 is 0 Å². The van der Waals surface area contributed by atoms with E-state index in [1.54, 1.807) is 13.4 Å². The van der Waals surface area contributed by atoms with Gasteiger partial charge in [-0.1, -0.05) is 18.2 Å². The largest absolute Gasteiger partial charge is 0.493 e. The highest BCUT2D eigenvalue weighted by molar-refractivity contribution is 14.0. The summed E-state index contributed by atoms with van der Waals surface area (Å²) in [5.41, 5.74) is 1.17. The quantitative estimate of drug-likeness (QED) is 0.357. The summed E-state index contributed by atoms with van der Waals surface area (Å²) in [6.07, 6.45) is 3.35. The van der Waals surface area contributed by atoms with Gasteiger partial charge in [0.25, 0.3) is 0 Å². The highest BCUT2D eigenvalue weighted by atomic mass is 127. The smallest absolute Gasteiger partial charge is 0.192 e. The number of aliphatic imine (C=N–C) groups is 1. The van der Waals surface area contributed by atoms with Gasteiger partial charge in [-0.15, -0.1) is 24.0 Å². The summed E-state index contributed by atoms with van der Waals surface area (Å²) in [5.74, 6) is 2.66. The number of nitrogens with zero attached hydrogens (tertiary/aromatic N) is 1. The van der Waals surface area contributed by atoms with Crippen LogP contribution in [0.2, 0.25) is 0 Å². The molecule has 1 aliphatic rings. The maximum atomic E-state index is 5.75. The third-order valence-corrected chi connectivity index (χ3v) is 4.28. The minimum Gasteiger partial charge on any atom is -0.493 e. The molecule has 27 heavy (non-hydrogen) atoms. The van der Waals surface area contributed by atoms with Crippen molar-refractivity contribution in [2.75, 3.05) is 26.9 Å². The van der Waals surface area contributed by atoms with Crippen molar-refractivity contribution >= 4 is 29.9 Å². The molecule has 1 aromatic heterocycles. The molecule has 0 spiro atoms. The molecule has 1 aliphatic heterocycles. The maximum Gasteiger partial charge on any atom is 0.192 e. The second-order valence-corrected chi connectivity index (χ2v) is 6.43. The van der Waals surface area contributed by atoms with E-state index in [1.165, 1.54) is 5.56 Å². The minimum absolute atomic E-state index is 0. The number of hydrogen-bond acceptors (Lipinski definition) is 4. The van der Waals surface area contributed by atoms with Gasteiger partial charge in [0.1, 0.15) is 11.5 Å². The molecule has 2 atom stereocenters. The first kappa shape index (κ1) is 21.6. The van der Waals surface area contributed by atoms with Crippen LogP contribution in [0.1, 0.15) is 30.7 Å². The van der Waals surface area contributed by atoms with Crippen molar-refractivity contribution in [3.63, 3.8) is 0 Å². The SMILES string of the molecule is COCC(C)NC(=NCCc1ccco1)NC1CCOc2ccccc21.I. The molecule has 148 valence electrons. The van der Waals surface area contributed by atoms with Gasteiger partial charge in [-0.3, -0.25) is 4.99 Å². The number of guanidine groups is 1. The van der Waals surface area contributed by atoms with E-state index in [-0.39, 0.29) is 36.1 Å². The van der Waals surface area contributed by atoms with Crippen LogP contribution < -0.4 is 15.4 Å². The van der Waals surface area contributed by atoms with Crippen molar-refractivity contribution in [3.05, 3.63) is 54.0 Å². The fraction of sp³-hybridized carbons (Fsp3) is 0.450. The summed E-state index contributed by atoms with van der Waals surface area (Å²) in [4.78, 5) is 4.73. The van der Waals surface area contributed by atoms with Crippen molar-refractivity contribution in [2.45, 2.75) is 31.8 Å². The topological polar surface area (TPSA) is 68.0 Å². The lowest BCUT2D eigenvalue weighted by molar-refractivity contribution is 0.178. The summed E-state index contributed by atoms with van der Waals surface area (Å²) in [6.45, 7) is 4.03. The molecule has 0 aliphatic carbocycles. The Kier molecular flexibility index (Phi) is 8.93. The van der Waals surface area contributed by atoms with Crippen LogP contribution in [0.25, 0.3) is 0 Å². The average molecular weight is 485 g/mol. The first-order chi connectivity index (χ1) is 12.8. The van der Waals surface area contributed by atoms with Crippen molar-refractivity contribution < 1.29 is 13.9 Å². The van der Waals surface area contributed by atoms with Crippen molar-refractivity contribution in [3.8, 4) is 5.75 Å². The van der Waals surface area contributed by atoms with Gasteiger partial charge in [-0.2, -0.15) is 0 Å². The van der Waals surface area contributed by atoms with E-state index in [0.29, 0.717) is 19.8 Å². The Balaban J connectivity index is 0.00000261. The summed E-state index contributed by atoms with van der Waals surface area (Å²) in [7, 11) is 1.70. The number of benzene rings is 1. The van der Waals surface area contributed by atoms with Crippen LogP contribution in [0.5, 0.6) is 5.75 Å². The number of nitrogens with one attached hydrogen (secondary N) is 2. The molecular formula is C20H28IN3O3. The Morgan fingerprint density at radius 3 is 2.93 bits per heavy atom. The van der Waals surface area contributed by atoms with Crippen LogP contribution in [0.15, 0.2) is 52.1 Å². The van der Waals surface area contributed by atoms with Crippen molar-refractivity contribution in [2.24, 2.45) is 4.99 Å². The Bertz CT molecular complexity index is 706. The standard InChI is InChI=1S/C20H27N3O3.HI/c1-15(14-24-2)22-20(21-11-9-16-6-5-12-25-16)23-18-10-13-26-19-8-4-3-7-17(18)19;/h3-8,12,15,18H,9-11,13-14H2,1-2H3,(H2,21,22,23);1H. The molecule has 1 aromatic carbocycles. The first-order valence-electron chi connectivity index (χ1n) is 9.07. The third-order valence-electron chi connectivity index (χ3n) is 4.28. The summed E-state index contributed by atoms with van der Waals surface area (Å²) in [5, 5.41) is 6.97. The predicted octanol–water partition coefficient (Wildman–Crippen LogP) is 3.53. The van der Waals surface area contributed by atoms with Crippen LogP contribution in [-0.2, 0) is 11.2 Å². The number of fused-ring (bicyclic) bond motifs is 1. The van der Waals surface area contributed by atoms with E-state index in [2.05, 4.69) is 23.6 Å². The summed E-state index contributed by atoms with van der Waals surface area (Å²) >= 11 is 0. The number of methoxy groups -OCH3 is 1. The molecule has 0 amide bonds. The van der Waals surface area contributed by atoms with Gasteiger partial charge in [0.05, 0.1) is 25.5 Å². The number of ether oxygens (including phenoxy) is 2. The molecule has 3 rings (SSSR count). The van der Waals surface area contributed by atoms with E-state index < -0.39 is 0 Å². The van der Waals surface area contributed by atoms with E-state index in [9.17, 15) is 0 Å².